The average Bonchev–Trinajstić information content (AvgIpc) is 2.57. The molecule has 1 amide bonds. The standard InChI is InChI=1S/C14H28N2O2/c1-12(7-10-17)15-13(2)11-14(18)16-8-5-3-4-6-9-16/h12-13,15,17H,3-11H2,1-2H3/t12-,13?/m1/s1. The predicted molar refractivity (Wildman–Crippen MR) is 73.4 cm³/mol. The molecule has 1 aliphatic rings. The largest absolute Gasteiger partial charge is 0.396 e. The van der Waals surface area contributed by atoms with Crippen LogP contribution in [0.1, 0.15) is 52.4 Å². The van der Waals surface area contributed by atoms with Gasteiger partial charge in [0.2, 0.25) is 5.91 Å². The second-order valence-electron chi connectivity index (χ2n) is 5.48. The van der Waals surface area contributed by atoms with Gasteiger partial charge in [-0.15, -0.1) is 0 Å². The topological polar surface area (TPSA) is 52.6 Å². The lowest BCUT2D eigenvalue weighted by molar-refractivity contribution is -0.131. The maximum atomic E-state index is 12.1. The Kier molecular flexibility index (Phi) is 7.28. The fourth-order valence-electron chi connectivity index (χ4n) is 2.53. The minimum Gasteiger partial charge on any atom is -0.396 e. The number of hydrogen-bond donors (Lipinski definition) is 2. The molecule has 0 aromatic heterocycles. The number of aliphatic hydroxyl groups excluding tert-OH is 1. The Balaban J connectivity index is 2.29. The van der Waals surface area contributed by atoms with Gasteiger partial charge in [0.15, 0.2) is 0 Å². The highest BCUT2D eigenvalue weighted by Crippen LogP contribution is 2.11. The van der Waals surface area contributed by atoms with Gasteiger partial charge in [-0.3, -0.25) is 4.79 Å². The SMILES string of the molecule is CC(CC(=O)N1CCCCCC1)N[C@H](C)CCO. The van der Waals surface area contributed by atoms with Gasteiger partial charge in [-0.2, -0.15) is 0 Å². The fourth-order valence-corrected chi connectivity index (χ4v) is 2.53. The molecule has 1 unspecified atom stereocenters. The third-order valence-corrected chi connectivity index (χ3v) is 3.57. The zero-order chi connectivity index (χ0) is 13.4. The molecule has 4 nitrogen and oxygen atoms in total. The van der Waals surface area contributed by atoms with Crippen LogP contribution < -0.4 is 5.32 Å². The molecule has 1 rings (SSSR count). The summed E-state index contributed by atoms with van der Waals surface area (Å²) in [5.74, 6) is 0.271. The maximum absolute atomic E-state index is 12.1. The number of nitrogens with one attached hydrogen (secondary N) is 1. The summed E-state index contributed by atoms with van der Waals surface area (Å²) in [6.07, 6.45) is 6.11. The van der Waals surface area contributed by atoms with Gasteiger partial charge in [-0.05, 0) is 33.1 Å². The van der Waals surface area contributed by atoms with Gasteiger partial charge in [0.1, 0.15) is 0 Å². The average molecular weight is 256 g/mol. The first-order valence-corrected chi connectivity index (χ1v) is 7.28. The van der Waals surface area contributed by atoms with E-state index in [4.69, 9.17) is 5.11 Å². The first kappa shape index (κ1) is 15.4. The summed E-state index contributed by atoms with van der Waals surface area (Å²) in [5.41, 5.74) is 0. The van der Waals surface area contributed by atoms with Crippen molar-refractivity contribution in [1.82, 2.24) is 10.2 Å². The molecule has 1 fully saturated rings. The van der Waals surface area contributed by atoms with Gasteiger partial charge in [0, 0.05) is 38.2 Å². The normalized spacial score (nSPS) is 20.3. The molecule has 2 atom stereocenters. The molecule has 0 radical (unpaired) electrons. The van der Waals surface area contributed by atoms with Gasteiger partial charge in [-0.25, -0.2) is 0 Å². The fraction of sp³-hybridized carbons (Fsp3) is 0.929. The lowest BCUT2D eigenvalue weighted by Crippen LogP contribution is -2.40. The minimum absolute atomic E-state index is 0.183. The van der Waals surface area contributed by atoms with E-state index in [0.29, 0.717) is 6.42 Å². The molecular formula is C14H28N2O2. The van der Waals surface area contributed by atoms with Gasteiger partial charge >= 0.3 is 0 Å². The van der Waals surface area contributed by atoms with Crippen molar-refractivity contribution in [2.45, 2.75) is 64.5 Å². The summed E-state index contributed by atoms with van der Waals surface area (Å²) in [5, 5.41) is 12.2. The van der Waals surface area contributed by atoms with Crippen molar-refractivity contribution in [3.63, 3.8) is 0 Å². The Morgan fingerprint density at radius 1 is 1.17 bits per heavy atom. The van der Waals surface area contributed by atoms with E-state index in [1.54, 1.807) is 0 Å². The number of nitrogens with zero attached hydrogens (tertiary/aromatic N) is 1. The van der Waals surface area contributed by atoms with E-state index in [2.05, 4.69) is 5.32 Å². The van der Waals surface area contributed by atoms with Crippen LogP contribution in [0.2, 0.25) is 0 Å². The van der Waals surface area contributed by atoms with Crippen LogP contribution in [0.3, 0.4) is 0 Å². The van der Waals surface area contributed by atoms with E-state index >= 15 is 0 Å². The maximum Gasteiger partial charge on any atom is 0.224 e. The van der Waals surface area contributed by atoms with Crippen molar-refractivity contribution in [2.75, 3.05) is 19.7 Å². The molecule has 0 aliphatic carbocycles. The number of likely N-dealkylation sites (tertiary alicyclic amines) is 1. The highest BCUT2D eigenvalue weighted by molar-refractivity contribution is 5.76. The van der Waals surface area contributed by atoms with Crippen LogP contribution in [0.4, 0.5) is 0 Å². The number of carbonyl (C=O) groups is 1. The van der Waals surface area contributed by atoms with E-state index < -0.39 is 0 Å². The Morgan fingerprint density at radius 2 is 1.78 bits per heavy atom. The second kappa shape index (κ2) is 8.48. The summed E-state index contributed by atoms with van der Waals surface area (Å²) >= 11 is 0. The van der Waals surface area contributed by atoms with E-state index in [1.807, 2.05) is 18.7 Å². The number of rotatable bonds is 6. The van der Waals surface area contributed by atoms with Crippen LogP contribution in [0, 0.1) is 0 Å². The third-order valence-electron chi connectivity index (χ3n) is 3.57. The molecule has 1 heterocycles. The molecule has 0 bridgehead atoms. The van der Waals surface area contributed by atoms with Gasteiger partial charge in [-0.1, -0.05) is 12.8 Å². The smallest absolute Gasteiger partial charge is 0.224 e. The second-order valence-corrected chi connectivity index (χ2v) is 5.48. The summed E-state index contributed by atoms with van der Waals surface area (Å²) in [4.78, 5) is 14.2. The highest BCUT2D eigenvalue weighted by Gasteiger charge is 2.18. The molecule has 0 aromatic carbocycles. The van der Waals surface area contributed by atoms with Crippen LogP contribution in [-0.4, -0.2) is 47.7 Å². The zero-order valence-corrected chi connectivity index (χ0v) is 11.8. The van der Waals surface area contributed by atoms with E-state index in [1.165, 1.54) is 12.8 Å². The molecule has 1 saturated heterocycles. The molecule has 1 aliphatic heterocycles. The molecular weight excluding hydrogens is 228 g/mol. The number of amides is 1. The number of carbonyl (C=O) groups excluding carboxylic acids is 1. The Hall–Kier alpha value is -0.610. The number of aliphatic hydroxyl groups is 1. The molecule has 2 N–H and O–H groups in total. The Labute approximate surface area is 111 Å². The van der Waals surface area contributed by atoms with Crippen molar-refractivity contribution in [2.24, 2.45) is 0 Å². The van der Waals surface area contributed by atoms with Crippen LogP contribution in [0.25, 0.3) is 0 Å². The van der Waals surface area contributed by atoms with Crippen molar-refractivity contribution >= 4 is 5.91 Å². The molecule has 0 spiro atoms. The van der Waals surface area contributed by atoms with Crippen molar-refractivity contribution in [1.29, 1.82) is 0 Å². The van der Waals surface area contributed by atoms with Crippen LogP contribution in [-0.2, 0) is 4.79 Å². The molecule has 18 heavy (non-hydrogen) atoms. The predicted octanol–water partition coefficient (Wildman–Crippen LogP) is 1.53. The molecule has 0 saturated carbocycles. The van der Waals surface area contributed by atoms with Crippen molar-refractivity contribution < 1.29 is 9.90 Å². The van der Waals surface area contributed by atoms with Crippen molar-refractivity contribution in [3.05, 3.63) is 0 Å². The van der Waals surface area contributed by atoms with E-state index in [9.17, 15) is 4.79 Å². The Bertz CT molecular complexity index is 238. The summed E-state index contributed by atoms with van der Waals surface area (Å²) in [6.45, 7) is 6.14. The van der Waals surface area contributed by atoms with Crippen LogP contribution in [0.15, 0.2) is 0 Å². The molecule has 4 heteroatoms. The van der Waals surface area contributed by atoms with Gasteiger partial charge < -0.3 is 15.3 Å². The lowest BCUT2D eigenvalue weighted by Gasteiger charge is -2.24. The third kappa shape index (κ3) is 5.83. The zero-order valence-electron chi connectivity index (χ0n) is 11.8. The first-order chi connectivity index (χ1) is 8.63. The Morgan fingerprint density at radius 3 is 2.33 bits per heavy atom. The highest BCUT2D eigenvalue weighted by atomic mass is 16.3. The van der Waals surface area contributed by atoms with Gasteiger partial charge in [0.05, 0.1) is 0 Å². The summed E-state index contributed by atoms with van der Waals surface area (Å²) in [6, 6.07) is 0.448. The van der Waals surface area contributed by atoms with Gasteiger partial charge in [0.25, 0.3) is 0 Å². The number of hydrogen-bond acceptors (Lipinski definition) is 3. The molecule has 0 aromatic rings. The molecule has 106 valence electrons. The monoisotopic (exact) mass is 256 g/mol. The summed E-state index contributed by atoms with van der Waals surface area (Å²) < 4.78 is 0. The van der Waals surface area contributed by atoms with Crippen LogP contribution >= 0.6 is 0 Å². The van der Waals surface area contributed by atoms with E-state index in [0.717, 1.165) is 32.4 Å². The minimum atomic E-state index is 0.183. The van der Waals surface area contributed by atoms with Crippen LogP contribution in [0.5, 0.6) is 0 Å². The lowest BCUT2D eigenvalue weighted by atomic mass is 10.1. The summed E-state index contributed by atoms with van der Waals surface area (Å²) in [7, 11) is 0. The van der Waals surface area contributed by atoms with E-state index in [-0.39, 0.29) is 24.6 Å². The first-order valence-electron chi connectivity index (χ1n) is 7.28. The van der Waals surface area contributed by atoms with Crippen molar-refractivity contribution in [3.8, 4) is 0 Å². The quantitative estimate of drug-likeness (QED) is 0.758.